The summed E-state index contributed by atoms with van der Waals surface area (Å²) in [5.74, 6) is -3.36. The molecule has 1 aliphatic rings. The normalized spacial score (nSPS) is 18.5. The summed E-state index contributed by atoms with van der Waals surface area (Å²) in [5.41, 5.74) is -0.811. The maximum absolute atomic E-state index is 14.4. The smallest absolute Gasteiger partial charge is 0.416 e. The largest absolute Gasteiger partial charge is 0.439 e. The van der Waals surface area contributed by atoms with Crippen LogP contribution < -0.4 is 0 Å². The van der Waals surface area contributed by atoms with Gasteiger partial charge in [0.1, 0.15) is 11.7 Å². The van der Waals surface area contributed by atoms with Gasteiger partial charge in [-0.1, -0.05) is 48.5 Å². The second-order valence-corrected chi connectivity index (χ2v) is 6.58. The van der Waals surface area contributed by atoms with Crippen molar-refractivity contribution in [1.82, 2.24) is 0 Å². The fraction of sp³-hybridized carbons (Fsp3) is 0.0909. The van der Waals surface area contributed by atoms with Gasteiger partial charge in [0, 0.05) is 5.56 Å². The molecule has 3 aromatic carbocycles. The minimum Gasteiger partial charge on any atom is -0.439 e. The molecule has 1 fully saturated rings. The van der Waals surface area contributed by atoms with Crippen molar-refractivity contribution < 1.29 is 27.1 Å². The van der Waals surface area contributed by atoms with E-state index in [9.17, 15) is 22.4 Å². The van der Waals surface area contributed by atoms with Gasteiger partial charge in [-0.2, -0.15) is 13.2 Å². The number of carbonyl (C=O) groups excluding carboxylic acids is 1. The van der Waals surface area contributed by atoms with Crippen LogP contribution in [0.5, 0.6) is 0 Å². The Morgan fingerprint density at radius 1 is 1.00 bits per heavy atom. The Bertz CT molecular complexity index is 1180. The number of allylic oxidation sites excluding steroid dienone is 1. The second-order valence-electron chi connectivity index (χ2n) is 6.58. The zero-order chi connectivity index (χ0) is 20.8. The Labute approximate surface area is 162 Å². The van der Waals surface area contributed by atoms with Crippen LogP contribution in [0.4, 0.5) is 17.6 Å². The highest BCUT2D eigenvalue weighted by atomic mass is 19.4. The number of hydrogen-bond donors (Lipinski definition) is 1. The van der Waals surface area contributed by atoms with E-state index in [1.807, 2.05) is 0 Å². The van der Waals surface area contributed by atoms with E-state index in [-0.39, 0.29) is 16.9 Å². The van der Waals surface area contributed by atoms with Crippen molar-refractivity contribution in [2.45, 2.75) is 12.1 Å². The Balaban J connectivity index is 1.76. The summed E-state index contributed by atoms with van der Waals surface area (Å²) >= 11 is 0. The van der Waals surface area contributed by atoms with Crippen LogP contribution in [-0.2, 0) is 15.7 Å². The van der Waals surface area contributed by atoms with Crippen molar-refractivity contribution in [1.29, 1.82) is 5.41 Å². The van der Waals surface area contributed by atoms with Crippen LogP contribution in [0.15, 0.2) is 66.4 Å². The van der Waals surface area contributed by atoms with E-state index in [1.54, 1.807) is 30.3 Å². The topological polar surface area (TPSA) is 50.1 Å². The van der Waals surface area contributed by atoms with Gasteiger partial charge in [-0.25, -0.2) is 4.39 Å². The Hall–Kier alpha value is -3.48. The minimum atomic E-state index is -4.58. The molecule has 0 aliphatic carbocycles. The maximum atomic E-state index is 14.4. The number of rotatable bonds is 2. The third-order valence-electron chi connectivity index (χ3n) is 4.73. The van der Waals surface area contributed by atoms with Gasteiger partial charge in [0.15, 0.2) is 5.76 Å². The van der Waals surface area contributed by atoms with Gasteiger partial charge in [-0.05, 0) is 34.5 Å². The lowest BCUT2D eigenvalue weighted by Crippen LogP contribution is -2.14. The molecule has 0 amide bonds. The maximum Gasteiger partial charge on any atom is 0.416 e. The first-order valence-electron chi connectivity index (χ1n) is 8.62. The van der Waals surface area contributed by atoms with Crippen LogP contribution in [0.2, 0.25) is 0 Å². The van der Waals surface area contributed by atoms with E-state index in [0.29, 0.717) is 5.39 Å². The predicted octanol–water partition coefficient (Wildman–Crippen LogP) is 5.70. The standard InChI is InChI=1S/C22H13F4NO2/c23-17-9-8-12-4-1-2-7-15(12)16(17)11-18-20(28)19(21(27)29-18)13-5-3-6-14(10-13)22(24,25)26/h1-11,19,27H. The number of nitrogens with one attached hydrogen (secondary N) is 1. The van der Waals surface area contributed by atoms with E-state index < -0.39 is 35.2 Å². The van der Waals surface area contributed by atoms with Gasteiger partial charge in [0.05, 0.1) is 5.56 Å². The predicted molar refractivity (Wildman–Crippen MR) is 99.9 cm³/mol. The van der Waals surface area contributed by atoms with Gasteiger partial charge in [-0.3, -0.25) is 10.2 Å². The Kier molecular flexibility index (Phi) is 4.45. The molecular formula is C22H13F4NO2. The number of ether oxygens (including phenoxy) is 1. The van der Waals surface area contributed by atoms with Crippen LogP contribution in [0.25, 0.3) is 16.8 Å². The highest BCUT2D eigenvalue weighted by Gasteiger charge is 2.40. The third-order valence-corrected chi connectivity index (χ3v) is 4.73. The molecule has 1 N–H and O–H groups in total. The summed E-state index contributed by atoms with van der Waals surface area (Å²) in [6, 6.07) is 14.0. The number of Topliss-reactive ketones (excluding diaryl/α,β-unsaturated/α-hetero) is 1. The van der Waals surface area contributed by atoms with Crippen molar-refractivity contribution in [3.63, 3.8) is 0 Å². The molecule has 0 spiro atoms. The third kappa shape index (κ3) is 3.40. The summed E-state index contributed by atoms with van der Waals surface area (Å²) in [5, 5.41) is 9.25. The molecule has 0 bridgehead atoms. The SMILES string of the molecule is N=C1OC(=Cc2c(F)ccc3ccccc23)C(=O)C1c1cccc(C(F)(F)F)c1. The van der Waals surface area contributed by atoms with Crippen molar-refractivity contribution >= 4 is 28.5 Å². The summed E-state index contributed by atoms with van der Waals surface area (Å²) < 4.78 is 58.6. The molecule has 0 radical (unpaired) electrons. The highest BCUT2D eigenvalue weighted by Crippen LogP contribution is 2.36. The lowest BCUT2D eigenvalue weighted by molar-refractivity contribution is -0.137. The van der Waals surface area contributed by atoms with Gasteiger partial charge >= 0.3 is 6.18 Å². The zero-order valence-corrected chi connectivity index (χ0v) is 14.8. The summed E-state index contributed by atoms with van der Waals surface area (Å²) in [6.45, 7) is 0. The van der Waals surface area contributed by atoms with E-state index >= 15 is 0 Å². The number of carbonyl (C=O) groups is 1. The molecule has 1 heterocycles. The highest BCUT2D eigenvalue weighted by molar-refractivity contribution is 6.20. The van der Waals surface area contributed by atoms with E-state index in [4.69, 9.17) is 10.1 Å². The second kappa shape index (κ2) is 6.84. The van der Waals surface area contributed by atoms with E-state index in [2.05, 4.69) is 0 Å². The molecular weight excluding hydrogens is 386 g/mol. The Morgan fingerprint density at radius 3 is 2.52 bits per heavy atom. The average Bonchev–Trinajstić information content (AvgIpc) is 2.97. The van der Waals surface area contributed by atoms with Gasteiger partial charge in [-0.15, -0.1) is 0 Å². The van der Waals surface area contributed by atoms with E-state index in [1.165, 1.54) is 24.3 Å². The van der Waals surface area contributed by atoms with Gasteiger partial charge in [0.2, 0.25) is 11.7 Å². The lowest BCUT2D eigenvalue weighted by atomic mass is 9.93. The summed E-state index contributed by atoms with van der Waals surface area (Å²) in [6.07, 6.45) is -3.38. The van der Waals surface area contributed by atoms with Crippen LogP contribution >= 0.6 is 0 Å². The fourth-order valence-corrected chi connectivity index (χ4v) is 3.33. The van der Waals surface area contributed by atoms with Crippen LogP contribution in [0.3, 0.4) is 0 Å². The molecule has 1 aliphatic heterocycles. The van der Waals surface area contributed by atoms with Gasteiger partial charge < -0.3 is 4.74 Å². The van der Waals surface area contributed by atoms with Gasteiger partial charge in [0.25, 0.3) is 0 Å². The quantitative estimate of drug-likeness (QED) is 0.444. The number of benzene rings is 3. The van der Waals surface area contributed by atoms with Crippen molar-refractivity contribution in [3.05, 3.63) is 88.9 Å². The minimum absolute atomic E-state index is 0.00313. The number of alkyl halides is 3. The molecule has 0 aromatic heterocycles. The number of ketones is 1. The van der Waals surface area contributed by atoms with Crippen LogP contribution in [0.1, 0.15) is 22.6 Å². The summed E-state index contributed by atoms with van der Waals surface area (Å²) in [4.78, 5) is 12.8. The number of fused-ring (bicyclic) bond motifs is 1. The lowest BCUT2D eigenvalue weighted by Gasteiger charge is -2.10. The van der Waals surface area contributed by atoms with Crippen molar-refractivity contribution in [2.24, 2.45) is 0 Å². The van der Waals surface area contributed by atoms with E-state index in [0.717, 1.165) is 17.5 Å². The molecule has 0 saturated carbocycles. The summed E-state index contributed by atoms with van der Waals surface area (Å²) in [7, 11) is 0. The molecule has 29 heavy (non-hydrogen) atoms. The molecule has 3 nitrogen and oxygen atoms in total. The first-order chi connectivity index (χ1) is 13.8. The first kappa shape index (κ1) is 18.9. The Morgan fingerprint density at radius 2 is 1.76 bits per heavy atom. The molecule has 4 rings (SSSR count). The average molecular weight is 399 g/mol. The van der Waals surface area contributed by atoms with Crippen LogP contribution in [-0.4, -0.2) is 11.7 Å². The number of hydrogen-bond acceptors (Lipinski definition) is 3. The first-order valence-corrected chi connectivity index (χ1v) is 8.62. The fourth-order valence-electron chi connectivity index (χ4n) is 3.33. The van der Waals surface area contributed by atoms with Crippen LogP contribution in [0, 0.1) is 11.2 Å². The zero-order valence-electron chi connectivity index (χ0n) is 14.8. The molecule has 1 atom stereocenters. The molecule has 1 unspecified atom stereocenters. The monoisotopic (exact) mass is 399 g/mol. The van der Waals surface area contributed by atoms with Crippen molar-refractivity contribution in [2.75, 3.05) is 0 Å². The number of halogens is 4. The molecule has 146 valence electrons. The molecule has 7 heteroatoms. The molecule has 3 aromatic rings. The molecule has 1 saturated heterocycles. The van der Waals surface area contributed by atoms with Crippen molar-refractivity contribution in [3.8, 4) is 0 Å².